The summed E-state index contributed by atoms with van der Waals surface area (Å²) in [4.78, 5) is 14.6. The average molecular weight is 345 g/mol. The topological polar surface area (TPSA) is 63.7 Å². The standard InChI is InChI=1S/C18H19NO4S/c1-13(23-15-7-9-16(10-8-15)24(2,21)22)18(20)19-12-11-14-5-3-4-6-17(14)19/h3-10,13H,11-12H2,1-2H3/t13-/m1/s1. The lowest BCUT2D eigenvalue weighted by atomic mass is 10.2. The molecule has 0 fully saturated rings. The van der Waals surface area contributed by atoms with Gasteiger partial charge in [-0.2, -0.15) is 0 Å². The molecule has 0 N–H and O–H groups in total. The van der Waals surface area contributed by atoms with Crippen molar-refractivity contribution in [3.05, 3.63) is 54.1 Å². The van der Waals surface area contributed by atoms with E-state index in [-0.39, 0.29) is 10.8 Å². The van der Waals surface area contributed by atoms with Crippen molar-refractivity contribution in [1.29, 1.82) is 0 Å². The number of carbonyl (C=O) groups is 1. The molecule has 1 amide bonds. The zero-order valence-electron chi connectivity index (χ0n) is 13.6. The molecule has 1 atom stereocenters. The highest BCUT2D eigenvalue weighted by Gasteiger charge is 2.28. The molecule has 1 aliphatic heterocycles. The number of ether oxygens (including phenoxy) is 1. The first-order chi connectivity index (χ1) is 11.4. The van der Waals surface area contributed by atoms with Crippen LogP contribution >= 0.6 is 0 Å². The SMILES string of the molecule is C[C@@H](Oc1ccc(S(C)(=O)=O)cc1)C(=O)N1CCc2ccccc21. The Labute approximate surface area is 141 Å². The number of hydrogen-bond acceptors (Lipinski definition) is 4. The molecule has 0 aliphatic carbocycles. The third-order valence-electron chi connectivity index (χ3n) is 4.07. The lowest BCUT2D eigenvalue weighted by Crippen LogP contribution is -2.39. The van der Waals surface area contributed by atoms with Crippen molar-refractivity contribution in [3.8, 4) is 5.75 Å². The van der Waals surface area contributed by atoms with Crippen LogP contribution in [0.25, 0.3) is 0 Å². The van der Waals surface area contributed by atoms with Gasteiger partial charge in [-0.3, -0.25) is 4.79 Å². The normalized spacial score (nSPS) is 15.0. The molecule has 0 saturated carbocycles. The van der Waals surface area contributed by atoms with E-state index in [9.17, 15) is 13.2 Å². The van der Waals surface area contributed by atoms with E-state index in [0.29, 0.717) is 12.3 Å². The van der Waals surface area contributed by atoms with E-state index < -0.39 is 15.9 Å². The van der Waals surface area contributed by atoms with Gasteiger partial charge in [0.15, 0.2) is 15.9 Å². The number of anilines is 1. The van der Waals surface area contributed by atoms with Gasteiger partial charge in [-0.25, -0.2) is 8.42 Å². The van der Waals surface area contributed by atoms with Crippen molar-refractivity contribution >= 4 is 21.4 Å². The van der Waals surface area contributed by atoms with Crippen molar-refractivity contribution in [2.45, 2.75) is 24.3 Å². The largest absolute Gasteiger partial charge is 0.481 e. The third-order valence-corrected chi connectivity index (χ3v) is 5.19. The van der Waals surface area contributed by atoms with E-state index >= 15 is 0 Å². The monoisotopic (exact) mass is 345 g/mol. The predicted octanol–water partition coefficient (Wildman–Crippen LogP) is 2.45. The molecule has 24 heavy (non-hydrogen) atoms. The van der Waals surface area contributed by atoms with Gasteiger partial charge >= 0.3 is 0 Å². The Morgan fingerprint density at radius 1 is 1.12 bits per heavy atom. The molecular weight excluding hydrogens is 326 g/mol. The summed E-state index contributed by atoms with van der Waals surface area (Å²) < 4.78 is 28.6. The van der Waals surface area contributed by atoms with Crippen LogP contribution < -0.4 is 9.64 Å². The maximum Gasteiger partial charge on any atom is 0.267 e. The minimum absolute atomic E-state index is 0.105. The molecule has 3 rings (SSSR count). The fourth-order valence-corrected chi connectivity index (χ4v) is 3.44. The quantitative estimate of drug-likeness (QED) is 0.854. The van der Waals surface area contributed by atoms with Crippen LogP contribution in [0.1, 0.15) is 12.5 Å². The molecule has 126 valence electrons. The van der Waals surface area contributed by atoms with Gasteiger partial charge in [0.05, 0.1) is 4.90 Å². The number of carbonyl (C=O) groups excluding carboxylic acids is 1. The second-order valence-electron chi connectivity index (χ2n) is 5.87. The van der Waals surface area contributed by atoms with Gasteiger partial charge in [-0.15, -0.1) is 0 Å². The summed E-state index contributed by atoms with van der Waals surface area (Å²) in [6, 6.07) is 13.9. The van der Waals surface area contributed by atoms with Crippen LogP contribution in [-0.4, -0.2) is 33.2 Å². The number of rotatable bonds is 4. The van der Waals surface area contributed by atoms with Gasteiger partial charge in [0.2, 0.25) is 0 Å². The molecule has 0 radical (unpaired) electrons. The zero-order chi connectivity index (χ0) is 17.3. The highest BCUT2D eigenvalue weighted by atomic mass is 32.2. The Kier molecular flexibility index (Phi) is 4.32. The fourth-order valence-electron chi connectivity index (χ4n) is 2.81. The Morgan fingerprint density at radius 3 is 2.46 bits per heavy atom. The summed E-state index contributed by atoms with van der Waals surface area (Å²) in [6.45, 7) is 2.35. The predicted molar refractivity (Wildman–Crippen MR) is 92.1 cm³/mol. The van der Waals surface area contributed by atoms with Gasteiger partial charge in [-0.1, -0.05) is 18.2 Å². The number of fused-ring (bicyclic) bond motifs is 1. The molecular formula is C18H19NO4S. The molecule has 0 unspecified atom stereocenters. The number of amides is 1. The van der Waals surface area contributed by atoms with Crippen LogP contribution in [0.15, 0.2) is 53.4 Å². The molecule has 2 aromatic rings. The second-order valence-corrected chi connectivity index (χ2v) is 7.89. The average Bonchev–Trinajstić information content (AvgIpc) is 2.97. The summed E-state index contributed by atoms with van der Waals surface area (Å²) in [6.07, 6.45) is 1.34. The van der Waals surface area contributed by atoms with Crippen LogP contribution in [-0.2, 0) is 21.1 Å². The van der Waals surface area contributed by atoms with Gasteiger partial charge in [0.1, 0.15) is 5.75 Å². The maximum absolute atomic E-state index is 12.6. The molecule has 0 saturated heterocycles. The summed E-state index contributed by atoms with van der Waals surface area (Å²) >= 11 is 0. The first-order valence-electron chi connectivity index (χ1n) is 7.72. The fraction of sp³-hybridized carbons (Fsp3) is 0.278. The molecule has 0 bridgehead atoms. The van der Waals surface area contributed by atoms with Crippen LogP contribution in [0.5, 0.6) is 5.75 Å². The van der Waals surface area contributed by atoms with Gasteiger partial charge in [0, 0.05) is 18.5 Å². The molecule has 0 aromatic heterocycles. The van der Waals surface area contributed by atoms with E-state index in [1.807, 2.05) is 24.3 Å². The molecule has 1 heterocycles. The lowest BCUT2D eigenvalue weighted by Gasteiger charge is -2.22. The number of sulfone groups is 1. The van der Waals surface area contributed by atoms with Crippen LogP contribution in [0.4, 0.5) is 5.69 Å². The summed E-state index contributed by atoms with van der Waals surface area (Å²) in [5, 5.41) is 0. The number of para-hydroxylation sites is 1. The maximum atomic E-state index is 12.6. The summed E-state index contributed by atoms with van der Waals surface area (Å²) in [5.41, 5.74) is 2.10. The van der Waals surface area contributed by atoms with Crippen molar-refractivity contribution < 1.29 is 17.9 Å². The highest BCUT2D eigenvalue weighted by Crippen LogP contribution is 2.28. The summed E-state index contributed by atoms with van der Waals surface area (Å²) in [5.74, 6) is 0.364. The van der Waals surface area contributed by atoms with Crippen molar-refractivity contribution in [2.75, 3.05) is 17.7 Å². The van der Waals surface area contributed by atoms with E-state index in [2.05, 4.69) is 0 Å². The van der Waals surface area contributed by atoms with Gasteiger partial charge in [0.25, 0.3) is 5.91 Å². The van der Waals surface area contributed by atoms with Gasteiger partial charge < -0.3 is 9.64 Å². The Balaban J connectivity index is 1.71. The molecule has 5 nitrogen and oxygen atoms in total. The minimum Gasteiger partial charge on any atom is -0.481 e. The molecule has 1 aliphatic rings. The first kappa shape index (κ1) is 16.5. The van der Waals surface area contributed by atoms with E-state index in [4.69, 9.17) is 4.74 Å². The van der Waals surface area contributed by atoms with Crippen LogP contribution in [0.2, 0.25) is 0 Å². The Bertz CT molecular complexity index is 859. The third kappa shape index (κ3) is 3.28. The second kappa shape index (κ2) is 6.28. The number of hydrogen-bond donors (Lipinski definition) is 0. The van der Waals surface area contributed by atoms with E-state index in [1.54, 1.807) is 24.0 Å². The van der Waals surface area contributed by atoms with Crippen LogP contribution in [0, 0.1) is 0 Å². The first-order valence-corrected chi connectivity index (χ1v) is 9.61. The Hall–Kier alpha value is -2.34. The minimum atomic E-state index is -3.24. The molecule has 0 spiro atoms. The van der Waals surface area contributed by atoms with Crippen molar-refractivity contribution in [3.63, 3.8) is 0 Å². The molecule has 2 aromatic carbocycles. The van der Waals surface area contributed by atoms with Crippen LogP contribution in [0.3, 0.4) is 0 Å². The van der Waals surface area contributed by atoms with E-state index in [1.165, 1.54) is 12.1 Å². The highest BCUT2D eigenvalue weighted by molar-refractivity contribution is 7.90. The lowest BCUT2D eigenvalue weighted by molar-refractivity contribution is -0.124. The molecule has 6 heteroatoms. The number of nitrogens with zero attached hydrogens (tertiary/aromatic N) is 1. The van der Waals surface area contributed by atoms with Crippen molar-refractivity contribution in [1.82, 2.24) is 0 Å². The summed E-state index contributed by atoms with van der Waals surface area (Å²) in [7, 11) is -3.24. The zero-order valence-corrected chi connectivity index (χ0v) is 14.4. The smallest absolute Gasteiger partial charge is 0.267 e. The number of benzene rings is 2. The van der Waals surface area contributed by atoms with Gasteiger partial charge in [-0.05, 0) is 49.2 Å². The Morgan fingerprint density at radius 2 is 1.79 bits per heavy atom. The van der Waals surface area contributed by atoms with Crippen molar-refractivity contribution in [2.24, 2.45) is 0 Å². The van der Waals surface area contributed by atoms with E-state index in [0.717, 1.165) is 23.9 Å².